The van der Waals surface area contributed by atoms with Crippen LogP contribution < -0.4 is 5.73 Å². The number of rotatable bonds is 5. The molecule has 1 aromatic carbocycles. The second-order valence-electron chi connectivity index (χ2n) is 5.03. The number of carboxylic acids is 1. The fraction of sp³-hybridized carbons (Fsp3) is 0.200. The van der Waals surface area contributed by atoms with E-state index in [2.05, 4.69) is 0 Å². The van der Waals surface area contributed by atoms with Gasteiger partial charge >= 0.3 is 5.97 Å². The summed E-state index contributed by atoms with van der Waals surface area (Å²) in [6.45, 7) is 1.74. The molecule has 1 fully saturated rings. The number of carbonyl (C=O) groups excluding carboxylic acids is 2. The molecule has 0 aromatic heterocycles. The van der Waals surface area contributed by atoms with Crippen LogP contribution in [0.4, 0.5) is 0 Å². The molecule has 1 unspecified atom stereocenters. The van der Waals surface area contributed by atoms with E-state index in [-0.39, 0.29) is 4.32 Å². The number of nitrogens with two attached hydrogens (primary N) is 1. The minimum absolute atomic E-state index is 0.0805. The Labute approximate surface area is 152 Å². The minimum Gasteiger partial charge on any atom is -0.480 e. The number of carbonyl (C=O) groups is 3. The lowest BCUT2D eigenvalue weighted by Gasteiger charge is -2.21. The summed E-state index contributed by atoms with van der Waals surface area (Å²) >= 11 is 12.0. The van der Waals surface area contributed by atoms with Gasteiger partial charge in [-0.3, -0.25) is 14.5 Å². The largest absolute Gasteiger partial charge is 0.480 e. The molecule has 0 bridgehead atoms. The van der Waals surface area contributed by atoms with E-state index in [0.29, 0.717) is 15.5 Å². The van der Waals surface area contributed by atoms with Crippen LogP contribution >= 0.6 is 35.6 Å². The molecule has 1 saturated heterocycles. The molecule has 2 amide bonds. The first kappa shape index (κ1) is 18.4. The highest BCUT2D eigenvalue weighted by Crippen LogP contribution is 2.38. The lowest BCUT2D eigenvalue weighted by Crippen LogP contribution is -2.46. The van der Waals surface area contributed by atoms with E-state index in [1.807, 2.05) is 0 Å². The Balaban J connectivity index is 2.40. The lowest BCUT2D eigenvalue weighted by molar-refractivity contribution is -0.146. The topological polar surface area (TPSA) is 101 Å². The number of benzene rings is 1. The van der Waals surface area contributed by atoms with Gasteiger partial charge in [-0.25, -0.2) is 4.79 Å². The van der Waals surface area contributed by atoms with Crippen LogP contribution in [-0.2, 0) is 14.4 Å². The van der Waals surface area contributed by atoms with Crippen LogP contribution in [0.15, 0.2) is 29.2 Å². The third kappa shape index (κ3) is 3.77. The van der Waals surface area contributed by atoms with E-state index < -0.39 is 30.2 Å². The van der Waals surface area contributed by atoms with Crippen LogP contribution in [-0.4, -0.2) is 38.2 Å². The zero-order chi connectivity index (χ0) is 18.0. The van der Waals surface area contributed by atoms with Crippen LogP contribution in [0.5, 0.6) is 0 Å². The van der Waals surface area contributed by atoms with Crippen molar-refractivity contribution in [3.8, 4) is 0 Å². The van der Waals surface area contributed by atoms with Crippen LogP contribution in [0.1, 0.15) is 18.9 Å². The number of primary amides is 1. The van der Waals surface area contributed by atoms with Crippen molar-refractivity contribution in [2.45, 2.75) is 19.4 Å². The van der Waals surface area contributed by atoms with Gasteiger partial charge in [-0.05, 0) is 30.2 Å². The first-order valence-corrected chi connectivity index (χ1v) is 8.36. The molecule has 6 nitrogen and oxygen atoms in total. The molecule has 0 radical (unpaired) electrons. The molecular formula is C15H13ClN2O4S2. The maximum absolute atomic E-state index is 12.6. The molecule has 1 atom stereocenters. The number of amides is 2. The zero-order valence-electron chi connectivity index (χ0n) is 12.5. The van der Waals surface area contributed by atoms with Crippen LogP contribution in [0.25, 0.3) is 5.57 Å². The number of carboxylic acid groups (broad SMARTS) is 1. The Morgan fingerprint density at radius 2 is 1.96 bits per heavy atom. The Kier molecular flexibility index (Phi) is 5.63. The van der Waals surface area contributed by atoms with Crippen LogP contribution in [0.3, 0.4) is 0 Å². The van der Waals surface area contributed by atoms with Crippen LogP contribution in [0, 0.1) is 0 Å². The second kappa shape index (κ2) is 7.33. The summed E-state index contributed by atoms with van der Waals surface area (Å²) in [6.07, 6.45) is -0.505. The number of halogens is 1. The van der Waals surface area contributed by atoms with E-state index in [1.54, 1.807) is 31.2 Å². The van der Waals surface area contributed by atoms with Crippen molar-refractivity contribution in [2.24, 2.45) is 5.73 Å². The summed E-state index contributed by atoms with van der Waals surface area (Å²) in [5.41, 5.74) is 6.49. The highest BCUT2D eigenvalue weighted by molar-refractivity contribution is 8.26. The Morgan fingerprint density at radius 3 is 2.46 bits per heavy atom. The van der Waals surface area contributed by atoms with Gasteiger partial charge in [0.2, 0.25) is 5.91 Å². The predicted octanol–water partition coefficient (Wildman–Crippen LogP) is 2.26. The molecule has 3 N–H and O–H groups in total. The van der Waals surface area contributed by atoms with Gasteiger partial charge in [0, 0.05) is 5.02 Å². The molecule has 2 rings (SSSR count). The van der Waals surface area contributed by atoms with Gasteiger partial charge in [0.25, 0.3) is 5.91 Å². The molecule has 0 aliphatic carbocycles. The molecule has 0 saturated carbocycles. The second-order valence-corrected chi connectivity index (χ2v) is 7.11. The van der Waals surface area contributed by atoms with Crippen molar-refractivity contribution in [1.82, 2.24) is 4.90 Å². The lowest BCUT2D eigenvalue weighted by atomic mass is 10.1. The molecule has 9 heteroatoms. The maximum atomic E-state index is 12.6. The number of allylic oxidation sites excluding steroid dienone is 1. The van der Waals surface area contributed by atoms with Crippen molar-refractivity contribution < 1.29 is 19.5 Å². The number of thioether (sulfide) groups is 1. The summed E-state index contributed by atoms with van der Waals surface area (Å²) in [7, 11) is 0. The quantitative estimate of drug-likeness (QED) is 0.596. The number of nitrogens with zero attached hydrogens (tertiary/aromatic N) is 1. The summed E-state index contributed by atoms with van der Waals surface area (Å²) in [5.74, 6) is -2.71. The molecular weight excluding hydrogens is 372 g/mol. The van der Waals surface area contributed by atoms with E-state index in [4.69, 9.17) is 29.6 Å². The summed E-state index contributed by atoms with van der Waals surface area (Å²) < 4.78 is 0.0805. The van der Waals surface area contributed by atoms with E-state index in [0.717, 1.165) is 22.2 Å². The van der Waals surface area contributed by atoms with Crippen molar-refractivity contribution in [2.75, 3.05) is 0 Å². The molecule has 1 aliphatic heterocycles. The molecule has 24 heavy (non-hydrogen) atoms. The SMILES string of the molecule is C/C(=C1/SC(=S)N(C(CC(N)=O)C(=O)O)C1=O)c1ccc(Cl)cc1. The normalized spacial score (nSPS) is 17.8. The fourth-order valence-corrected chi connectivity index (χ4v) is 3.71. The summed E-state index contributed by atoms with van der Waals surface area (Å²) in [6, 6.07) is 5.47. The third-order valence-electron chi connectivity index (χ3n) is 3.41. The molecule has 126 valence electrons. The van der Waals surface area contributed by atoms with Gasteiger partial charge in [0.1, 0.15) is 10.4 Å². The first-order valence-electron chi connectivity index (χ1n) is 6.75. The Hall–Kier alpha value is -1.90. The van der Waals surface area contributed by atoms with Crippen molar-refractivity contribution in [1.29, 1.82) is 0 Å². The summed E-state index contributed by atoms with van der Waals surface area (Å²) in [5, 5.41) is 9.85. The molecule has 1 heterocycles. The summed E-state index contributed by atoms with van der Waals surface area (Å²) in [4.78, 5) is 36.4. The standard InChI is InChI=1S/C15H13ClN2O4S2/c1-7(8-2-4-9(16)5-3-8)12-13(20)18(15(23)24-12)10(14(21)22)6-11(17)19/h2-5,10H,6H2,1H3,(H2,17,19)(H,21,22)/b12-7-. The van der Waals surface area contributed by atoms with Gasteiger partial charge in [0.15, 0.2) is 0 Å². The average molecular weight is 385 g/mol. The van der Waals surface area contributed by atoms with E-state index >= 15 is 0 Å². The van der Waals surface area contributed by atoms with Crippen LogP contribution in [0.2, 0.25) is 5.02 Å². The molecule has 1 aromatic rings. The predicted molar refractivity (Wildman–Crippen MR) is 96.3 cm³/mol. The monoisotopic (exact) mass is 384 g/mol. The zero-order valence-corrected chi connectivity index (χ0v) is 14.9. The van der Waals surface area contributed by atoms with Gasteiger partial charge < -0.3 is 10.8 Å². The number of aliphatic carboxylic acids is 1. The van der Waals surface area contributed by atoms with Crippen molar-refractivity contribution in [3.63, 3.8) is 0 Å². The molecule has 1 aliphatic rings. The molecule has 0 spiro atoms. The van der Waals surface area contributed by atoms with Gasteiger partial charge in [-0.1, -0.05) is 47.7 Å². The maximum Gasteiger partial charge on any atom is 0.327 e. The highest BCUT2D eigenvalue weighted by atomic mass is 35.5. The van der Waals surface area contributed by atoms with Crippen molar-refractivity contribution in [3.05, 3.63) is 39.8 Å². The number of thiocarbonyl (C=S) groups is 1. The van der Waals surface area contributed by atoms with Gasteiger partial charge in [0.05, 0.1) is 11.3 Å². The first-order chi connectivity index (χ1) is 11.2. The Morgan fingerprint density at radius 1 is 1.38 bits per heavy atom. The Bertz CT molecular complexity index is 761. The van der Waals surface area contributed by atoms with Gasteiger partial charge in [-0.15, -0.1) is 0 Å². The fourth-order valence-electron chi connectivity index (χ4n) is 2.19. The van der Waals surface area contributed by atoms with Gasteiger partial charge in [-0.2, -0.15) is 0 Å². The van der Waals surface area contributed by atoms with Crippen molar-refractivity contribution >= 4 is 63.3 Å². The third-order valence-corrected chi connectivity index (χ3v) is 5.16. The number of hydrogen-bond acceptors (Lipinski definition) is 5. The smallest absolute Gasteiger partial charge is 0.327 e. The average Bonchev–Trinajstić information content (AvgIpc) is 2.79. The highest BCUT2D eigenvalue weighted by Gasteiger charge is 2.42. The number of hydrogen-bond donors (Lipinski definition) is 2. The van der Waals surface area contributed by atoms with E-state index in [1.165, 1.54) is 0 Å². The van der Waals surface area contributed by atoms with E-state index in [9.17, 15) is 19.5 Å². The minimum atomic E-state index is -1.41.